The van der Waals surface area contributed by atoms with Crippen molar-refractivity contribution in [3.05, 3.63) is 30.6 Å². The van der Waals surface area contributed by atoms with E-state index in [0.29, 0.717) is 13.2 Å². The Morgan fingerprint density at radius 1 is 1.14 bits per heavy atom. The molecule has 2 aromatic rings. The number of hydrogen-bond donors (Lipinski definition) is 1. The van der Waals surface area contributed by atoms with E-state index in [2.05, 4.69) is 30.6 Å². The average Bonchev–Trinajstić information content (AvgIpc) is 3.24. The molecule has 0 saturated heterocycles. The van der Waals surface area contributed by atoms with E-state index in [0.717, 1.165) is 48.5 Å². The van der Waals surface area contributed by atoms with Crippen LogP contribution in [0.5, 0.6) is 5.75 Å². The Morgan fingerprint density at radius 3 is 2.86 bits per heavy atom. The average molecular weight is 298 g/mol. The Kier molecular flexibility index (Phi) is 4.86. The summed E-state index contributed by atoms with van der Waals surface area (Å²) in [5.41, 5.74) is 2.84. The molecule has 114 valence electrons. The van der Waals surface area contributed by atoms with Gasteiger partial charge in [-0.3, -0.25) is 10.1 Å². The second kappa shape index (κ2) is 7.44. The molecule has 3 rings (SSSR count). The van der Waals surface area contributed by atoms with Gasteiger partial charge < -0.3 is 4.74 Å². The number of H-pyrrole nitrogens is 1. The van der Waals surface area contributed by atoms with Crippen molar-refractivity contribution < 1.29 is 4.74 Å². The first-order chi connectivity index (χ1) is 10.9. The molecule has 0 bridgehead atoms. The summed E-state index contributed by atoms with van der Waals surface area (Å²) < 4.78 is 5.69. The van der Waals surface area contributed by atoms with Gasteiger partial charge in [0.1, 0.15) is 12.3 Å². The van der Waals surface area contributed by atoms with E-state index in [9.17, 15) is 0 Å². The maximum atomic E-state index is 5.69. The number of aromatic nitrogens is 3. The number of rotatable bonds is 8. The summed E-state index contributed by atoms with van der Waals surface area (Å²) in [5, 5.41) is 18.2. The van der Waals surface area contributed by atoms with Crippen LogP contribution in [0.2, 0.25) is 0 Å². The third-order valence-electron chi connectivity index (χ3n) is 3.39. The molecule has 0 aromatic carbocycles. The van der Waals surface area contributed by atoms with Gasteiger partial charge in [0.25, 0.3) is 0 Å². The summed E-state index contributed by atoms with van der Waals surface area (Å²) in [6.07, 6.45) is 7.66. The first-order valence-corrected chi connectivity index (χ1v) is 7.42. The molecule has 22 heavy (non-hydrogen) atoms. The van der Waals surface area contributed by atoms with Crippen molar-refractivity contribution in [2.75, 3.05) is 13.2 Å². The lowest BCUT2D eigenvalue weighted by molar-refractivity contribution is 0.304. The van der Waals surface area contributed by atoms with Crippen molar-refractivity contribution >= 4 is 5.71 Å². The molecular formula is C15H18N6O. The number of ether oxygens (including phenoxy) is 1. The molecular weight excluding hydrogens is 280 g/mol. The topological polar surface area (TPSA) is 87.9 Å². The molecule has 7 heteroatoms. The van der Waals surface area contributed by atoms with E-state index in [-0.39, 0.29) is 0 Å². The summed E-state index contributed by atoms with van der Waals surface area (Å²) in [6.45, 7) is 1.37. The number of nitrogens with one attached hydrogen (secondary N) is 1. The summed E-state index contributed by atoms with van der Waals surface area (Å²) >= 11 is 0. The highest BCUT2D eigenvalue weighted by atomic mass is 16.5. The Hall–Kier alpha value is -2.57. The van der Waals surface area contributed by atoms with Gasteiger partial charge in [-0.05, 0) is 49.1 Å². The molecule has 0 amide bonds. The second-order valence-electron chi connectivity index (χ2n) is 5.06. The van der Waals surface area contributed by atoms with Gasteiger partial charge in [0.2, 0.25) is 0 Å². The Morgan fingerprint density at radius 2 is 2.14 bits per heavy atom. The van der Waals surface area contributed by atoms with Gasteiger partial charge >= 0.3 is 0 Å². The molecule has 0 aliphatic carbocycles. The second-order valence-corrected chi connectivity index (χ2v) is 5.06. The third-order valence-corrected chi connectivity index (χ3v) is 3.39. The van der Waals surface area contributed by atoms with Crippen molar-refractivity contribution in [2.45, 2.75) is 25.7 Å². The van der Waals surface area contributed by atoms with Crippen molar-refractivity contribution in [1.82, 2.24) is 15.2 Å². The van der Waals surface area contributed by atoms with Crippen molar-refractivity contribution in [1.29, 1.82) is 0 Å². The zero-order valence-corrected chi connectivity index (χ0v) is 12.3. The zero-order valence-electron chi connectivity index (χ0n) is 12.3. The molecule has 1 aliphatic rings. The van der Waals surface area contributed by atoms with Crippen LogP contribution in [0.1, 0.15) is 25.7 Å². The summed E-state index contributed by atoms with van der Waals surface area (Å²) in [7, 11) is 0. The van der Waals surface area contributed by atoms with Gasteiger partial charge in [0.05, 0.1) is 29.9 Å². The monoisotopic (exact) mass is 298 g/mol. The summed E-state index contributed by atoms with van der Waals surface area (Å²) in [6, 6.07) is 5.74. The van der Waals surface area contributed by atoms with E-state index in [1.165, 1.54) is 0 Å². The van der Waals surface area contributed by atoms with Gasteiger partial charge in [-0.25, -0.2) is 0 Å². The molecule has 7 nitrogen and oxygen atoms in total. The largest absolute Gasteiger partial charge is 0.492 e. The zero-order chi connectivity index (χ0) is 15.0. The van der Waals surface area contributed by atoms with Gasteiger partial charge in [-0.1, -0.05) is 0 Å². The summed E-state index contributed by atoms with van der Waals surface area (Å²) in [4.78, 5) is 4.36. The highest BCUT2D eigenvalue weighted by Crippen LogP contribution is 2.17. The molecule has 0 atom stereocenters. The lowest BCUT2D eigenvalue weighted by Crippen LogP contribution is -2.01. The number of aromatic amines is 1. The predicted octanol–water partition coefficient (Wildman–Crippen LogP) is 3.23. The van der Waals surface area contributed by atoms with Crippen molar-refractivity contribution in [3.63, 3.8) is 0 Å². The number of unbranched alkanes of at least 4 members (excludes halogenated alkanes) is 2. The minimum absolute atomic E-state index is 0.671. The molecule has 1 N–H and O–H groups in total. The van der Waals surface area contributed by atoms with Crippen LogP contribution in [0.25, 0.3) is 11.4 Å². The van der Waals surface area contributed by atoms with E-state index in [1.807, 2.05) is 18.2 Å². The fourth-order valence-corrected chi connectivity index (χ4v) is 2.19. The van der Waals surface area contributed by atoms with Crippen LogP contribution in [-0.4, -0.2) is 34.0 Å². The fourth-order valence-electron chi connectivity index (χ4n) is 2.19. The van der Waals surface area contributed by atoms with Crippen LogP contribution in [0.3, 0.4) is 0 Å². The number of hydrogen-bond acceptors (Lipinski definition) is 6. The first kappa shape index (κ1) is 14.4. The Balaban J connectivity index is 1.33. The van der Waals surface area contributed by atoms with Crippen molar-refractivity contribution in [2.24, 2.45) is 15.4 Å². The molecule has 0 fully saturated rings. The van der Waals surface area contributed by atoms with Gasteiger partial charge in [-0.2, -0.15) is 10.2 Å². The SMILES string of the molecule is c1cc(-c2ccc(OCCCCCC3=NN=NC3)cn2)[nH]n1. The molecule has 1 aliphatic heterocycles. The lowest BCUT2D eigenvalue weighted by Gasteiger charge is -2.06. The molecule has 3 heterocycles. The van der Waals surface area contributed by atoms with Crippen molar-refractivity contribution in [3.8, 4) is 17.1 Å². The van der Waals surface area contributed by atoms with Crippen LogP contribution in [0.4, 0.5) is 0 Å². The quantitative estimate of drug-likeness (QED) is 0.759. The maximum absolute atomic E-state index is 5.69. The number of nitrogens with zero attached hydrogens (tertiary/aromatic N) is 5. The third kappa shape index (κ3) is 3.97. The standard InChI is InChI=1S/C15H18N6O/c1(2-4-12-10-18-21-19-12)3-9-22-13-5-6-14(16-11-13)15-7-8-17-20-15/h5-8,11H,1-4,9-10H2,(H,17,20). The highest BCUT2D eigenvalue weighted by molar-refractivity contribution is 5.86. The minimum Gasteiger partial charge on any atom is -0.492 e. The van der Waals surface area contributed by atoms with Crippen LogP contribution < -0.4 is 4.74 Å². The van der Waals surface area contributed by atoms with Crippen LogP contribution in [0, 0.1) is 0 Å². The van der Waals surface area contributed by atoms with Gasteiger partial charge in [-0.15, -0.1) is 5.10 Å². The molecule has 0 radical (unpaired) electrons. The van der Waals surface area contributed by atoms with Crippen LogP contribution in [0.15, 0.2) is 46.0 Å². The smallest absolute Gasteiger partial charge is 0.137 e. The number of pyridine rings is 1. The van der Waals surface area contributed by atoms with E-state index in [4.69, 9.17) is 4.74 Å². The predicted molar refractivity (Wildman–Crippen MR) is 82.9 cm³/mol. The molecule has 2 aromatic heterocycles. The normalized spacial score (nSPS) is 13.4. The van der Waals surface area contributed by atoms with Gasteiger partial charge in [0, 0.05) is 6.20 Å². The fraction of sp³-hybridized carbons (Fsp3) is 0.400. The first-order valence-electron chi connectivity index (χ1n) is 7.42. The maximum Gasteiger partial charge on any atom is 0.137 e. The Bertz CT molecular complexity index is 633. The Labute approximate surface area is 128 Å². The van der Waals surface area contributed by atoms with Crippen LogP contribution in [-0.2, 0) is 0 Å². The van der Waals surface area contributed by atoms with E-state index in [1.54, 1.807) is 12.4 Å². The minimum atomic E-state index is 0.671. The highest BCUT2D eigenvalue weighted by Gasteiger charge is 2.04. The summed E-state index contributed by atoms with van der Waals surface area (Å²) in [5.74, 6) is 0.793. The molecule has 0 spiro atoms. The van der Waals surface area contributed by atoms with Crippen LogP contribution >= 0.6 is 0 Å². The molecule has 0 saturated carbocycles. The van der Waals surface area contributed by atoms with E-state index < -0.39 is 0 Å². The molecule has 0 unspecified atom stereocenters. The van der Waals surface area contributed by atoms with Gasteiger partial charge in [0.15, 0.2) is 0 Å². The van der Waals surface area contributed by atoms with E-state index >= 15 is 0 Å². The lowest BCUT2D eigenvalue weighted by atomic mass is 10.1.